The number of nitrogens with two attached hydrogens (primary N) is 1. The molecule has 1 atom stereocenters. The highest BCUT2D eigenvalue weighted by atomic mass is 15.2. The molecule has 0 radical (unpaired) electrons. The van der Waals surface area contributed by atoms with Crippen LogP contribution in [0.1, 0.15) is 37.9 Å². The Bertz CT molecular complexity index is 281. The van der Waals surface area contributed by atoms with E-state index in [1.54, 1.807) is 0 Å². The third-order valence-corrected chi connectivity index (χ3v) is 2.34. The van der Waals surface area contributed by atoms with Gasteiger partial charge in [-0.2, -0.15) is 0 Å². The Kier molecular flexibility index (Phi) is 4.11. The van der Waals surface area contributed by atoms with Gasteiger partial charge in [-0.15, -0.1) is 0 Å². The van der Waals surface area contributed by atoms with Crippen molar-refractivity contribution in [2.45, 2.75) is 33.2 Å². The fraction of sp³-hybridized carbons (Fsp3) is 0.500. The average molecular weight is 192 g/mol. The molecular formula is C12H20N2. The standard InChI is InChI=1S/C12H20N2/c1-9(2)7-11-5-4-6-12(8-11)10(3)14-13/h4-6,8-10,14H,7,13H2,1-3H3. The number of hydrogen-bond donors (Lipinski definition) is 2. The number of hydrazine groups is 1. The molecule has 0 aliphatic rings. The predicted molar refractivity (Wildman–Crippen MR) is 60.7 cm³/mol. The molecule has 0 aliphatic heterocycles. The Hall–Kier alpha value is -0.860. The summed E-state index contributed by atoms with van der Waals surface area (Å²) in [6.45, 7) is 6.53. The fourth-order valence-electron chi connectivity index (χ4n) is 1.56. The first kappa shape index (κ1) is 11.2. The molecular weight excluding hydrogens is 172 g/mol. The summed E-state index contributed by atoms with van der Waals surface area (Å²) in [6, 6.07) is 8.83. The van der Waals surface area contributed by atoms with Crippen LogP contribution < -0.4 is 11.3 Å². The van der Waals surface area contributed by atoms with Crippen molar-refractivity contribution in [2.24, 2.45) is 11.8 Å². The Morgan fingerprint density at radius 1 is 1.29 bits per heavy atom. The molecule has 2 heteroatoms. The molecule has 1 aromatic carbocycles. The van der Waals surface area contributed by atoms with Gasteiger partial charge in [-0.1, -0.05) is 38.1 Å². The first-order valence-corrected chi connectivity index (χ1v) is 5.18. The molecule has 2 nitrogen and oxygen atoms in total. The molecule has 14 heavy (non-hydrogen) atoms. The zero-order valence-corrected chi connectivity index (χ0v) is 9.25. The summed E-state index contributed by atoms with van der Waals surface area (Å²) >= 11 is 0. The summed E-state index contributed by atoms with van der Waals surface area (Å²) in [6.07, 6.45) is 1.13. The first-order chi connectivity index (χ1) is 6.63. The van der Waals surface area contributed by atoms with Gasteiger partial charge in [0.1, 0.15) is 0 Å². The van der Waals surface area contributed by atoms with Gasteiger partial charge in [0.15, 0.2) is 0 Å². The molecule has 0 bridgehead atoms. The van der Waals surface area contributed by atoms with Crippen molar-refractivity contribution < 1.29 is 0 Å². The van der Waals surface area contributed by atoms with Crippen LogP contribution in [-0.2, 0) is 6.42 Å². The van der Waals surface area contributed by atoms with Crippen molar-refractivity contribution in [2.75, 3.05) is 0 Å². The van der Waals surface area contributed by atoms with Crippen molar-refractivity contribution in [3.63, 3.8) is 0 Å². The molecule has 0 fully saturated rings. The molecule has 0 spiro atoms. The van der Waals surface area contributed by atoms with E-state index in [4.69, 9.17) is 5.84 Å². The predicted octanol–water partition coefficient (Wildman–Crippen LogP) is 2.41. The smallest absolute Gasteiger partial charge is 0.0431 e. The Labute approximate surface area is 86.5 Å². The van der Waals surface area contributed by atoms with Gasteiger partial charge >= 0.3 is 0 Å². The van der Waals surface area contributed by atoms with Gasteiger partial charge in [0, 0.05) is 6.04 Å². The van der Waals surface area contributed by atoms with Crippen LogP contribution in [0.4, 0.5) is 0 Å². The molecule has 0 saturated heterocycles. The van der Waals surface area contributed by atoms with Crippen molar-refractivity contribution >= 4 is 0 Å². The van der Waals surface area contributed by atoms with Crippen LogP contribution in [0, 0.1) is 5.92 Å². The van der Waals surface area contributed by atoms with Crippen LogP contribution in [0.25, 0.3) is 0 Å². The van der Waals surface area contributed by atoms with E-state index in [0.717, 1.165) is 6.42 Å². The van der Waals surface area contributed by atoms with E-state index in [0.29, 0.717) is 5.92 Å². The van der Waals surface area contributed by atoms with E-state index in [2.05, 4.69) is 50.5 Å². The van der Waals surface area contributed by atoms with Gasteiger partial charge in [0.25, 0.3) is 0 Å². The number of hydrogen-bond acceptors (Lipinski definition) is 2. The molecule has 3 N–H and O–H groups in total. The second-order valence-electron chi connectivity index (χ2n) is 4.23. The van der Waals surface area contributed by atoms with E-state index >= 15 is 0 Å². The Balaban J connectivity index is 2.78. The topological polar surface area (TPSA) is 38.0 Å². The maximum absolute atomic E-state index is 5.41. The number of nitrogens with one attached hydrogen (secondary N) is 1. The van der Waals surface area contributed by atoms with E-state index < -0.39 is 0 Å². The van der Waals surface area contributed by atoms with Gasteiger partial charge in [-0.3, -0.25) is 11.3 Å². The molecule has 0 saturated carbocycles. The van der Waals surface area contributed by atoms with Crippen LogP contribution in [0.5, 0.6) is 0 Å². The maximum Gasteiger partial charge on any atom is 0.0431 e. The maximum atomic E-state index is 5.41. The minimum absolute atomic E-state index is 0.224. The molecule has 1 aromatic rings. The molecule has 0 aromatic heterocycles. The Morgan fingerprint density at radius 2 is 2.00 bits per heavy atom. The first-order valence-electron chi connectivity index (χ1n) is 5.18. The lowest BCUT2D eigenvalue weighted by molar-refractivity contribution is 0.599. The number of rotatable bonds is 4. The van der Waals surface area contributed by atoms with E-state index in [1.807, 2.05) is 0 Å². The van der Waals surface area contributed by atoms with Crippen molar-refractivity contribution in [3.8, 4) is 0 Å². The monoisotopic (exact) mass is 192 g/mol. The average Bonchev–Trinajstić information content (AvgIpc) is 2.16. The largest absolute Gasteiger partial charge is 0.271 e. The zero-order chi connectivity index (χ0) is 10.6. The molecule has 0 amide bonds. The Morgan fingerprint density at radius 3 is 2.57 bits per heavy atom. The number of benzene rings is 1. The lowest BCUT2D eigenvalue weighted by atomic mass is 9.99. The fourth-order valence-corrected chi connectivity index (χ4v) is 1.56. The minimum atomic E-state index is 0.224. The lowest BCUT2D eigenvalue weighted by Crippen LogP contribution is -2.25. The highest BCUT2D eigenvalue weighted by Gasteiger charge is 2.04. The van der Waals surface area contributed by atoms with Crippen LogP contribution in [0.3, 0.4) is 0 Å². The van der Waals surface area contributed by atoms with Crippen LogP contribution in [0.2, 0.25) is 0 Å². The SMILES string of the molecule is CC(C)Cc1cccc(C(C)NN)c1. The molecule has 78 valence electrons. The molecule has 0 heterocycles. The molecule has 1 rings (SSSR count). The van der Waals surface area contributed by atoms with Gasteiger partial charge in [0.05, 0.1) is 0 Å². The summed E-state index contributed by atoms with van der Waals surface area (Å²) in [5.74, 6) is 6.11. The summed E-state index contributed by atoms with van der Waals surface area (Å²) in [5.41, 5.74) is 5.41. The third-order valence-electron chi connectivity index (χ3n) is 2.34. The lowest BCUT2D eigenvalue weighted by Gasteiger charge is -2.12. The summed E-state index contributed by atoms with van der Waals surface area (Å²) in [4.78, 5) is 0. The summed E-state index contributed by atoms with van der Waals surface area (Å²) in [5, 5.41) is 0. The highest BCUT2D eigenvalue weighted by Crippen LogP contribution is 2.15. The van der Waals surface area contributed by atoms with Crippen LogP contribution in [0.15, 0.2) is 24.3 Å². The van der Waals surface area contributed by atoms with Crippen molar-refractivity contribution in [1.82, 2.24) is 5.43 Å². The normalized spacial score (nSPS) is 13.2. The van der Waals surface area contributed by atoms with E-state index in [9.17, 15) is 0 Å². The van der Waals surface area contributed by atoms with Crippen LogP contribution >= 0.6 is 0 Å². The second-order valence-corrected chi connectivity index (χ2v) is 4.23. The van der Waals surface area contributed by atoms with Gasteiger partial charge in [0.2, 0.25) is 0 Å². The zero-order valence-electron chi connectivity index (χ0n) is 9.25. The quantitative estimate of drug-likeness (QED) is 0.568. The van der Waals surface area contributed by atoms with Crippen molar-refractivity contribution in [3.05, 3.63) is 35.4 Å². The van der Waals surface area contributed by atoms with Gasteiger partial charge in [-0.05, 0) is 30.4 Å². The van der Waals surface area contributed by atoms with Crippen LogP contribution in [-0.4, -0.2) is 0 Å². The molecule has 1 unspecified atom stereocenters. The third kappa shape index (κ3) is 3.13. The highest BCUT2D eigenvalue weighted by molar-refractivity contribution is 5.25. The van der Waals surface area contributed by atoms with Crippen molar-refractivity contribution in [1.29, 1.82) is 0 Å². The van der Waals surface area contributed by atoms with Gasteiger partial charge < -0.3 is 0 Å². The van der Waals surface area contributed by atoms with E-state index in [-0.39, 0.29) is 6.04 Å². The molecule has 0 aliphatic carbocycles. The summed E-state index contributed by atoms with van der Waals surface area (Å²) < 4.78 is 0. The van der Waals surface area contributed by atoms with E-state index in [1.165, 1.54) is 11.1 Å². The second kappa shape index (κ2) is 5.13. The summed E-state index contributed by atoms with van der Waals surface area (Å²) in [7, 11) is 0. The minimum Gasteiger partial charge on any atom is -0.271 e. The van der Waals surface area contributed by atoms with Gasteiger partial charge in [-0.25, -0.2) is 0 Å².